The molecule has 2 heterocycles. The summed E-state index contributed by atoms with van der Waals surface area (Å²) in [6, 6.07) is 13.2. The van der Waals surface area contributed by atoms with Crippen LogP contribution in [-0.2, 0) is 27.2 Å². The summed E-state index contributed by atoms with van der Waals surface area (Å²) < 4.78 is 0. The van der Waals surface area contributed by atoms with Crippen molar-refractivity contribution in [3.05, 3.63) is 65.7 Å². The summed E-state index contributed by atoms with van der Waals surface area (Å²) >= 11 is 0. The predicted molar refractivity (Wildman–Crippen MR) is 142 cm³/mol. The molecule has 0 unspecified atom stereocenters. The summed E-state index contributed by atoms with van der Waals surface area (Å²) in [5, 5.41) is 31.9. The monoisotopic (exact) mass is 522 g/mol. The van der Waals surface area contributed by atoms with Crippen molar-refractivity contribution >= 4 is 24.8 Å². The number of nitrogens with zero attached hydrogens (tertiary/aromatic N) is 2. The van der Waals surface area contributed by atoms with E-state index in [0.717, 1.165) is 11.1 Å². The Morgan fingerprint density at radius 2 is 1.53 bits per heavy atom. The van der Waals surface area contributed by atoms with Crippen LogP contribution in [0.15, 0.2) is 54.6 Å². The van der Waals surface area contributed by atoms with Crippen LogP contribution < -0.4 is 11.1 Å². The first-order chi connectivity index (χ1) is 18.2. The Morgan fingerprint density at radius 1 is 0.895 bits per heavy atom. The number of amides is 3. The summed E-state index contributed by atoms with van der Waals surface area (Å²) in [7, 11) is -1.66. The molecule has 2 aliphatic heterocycles. The van der Waals surface area contributed by atoms with Crippen molar-refractivity contribution in [3.8, 4) is 5.75 Å². The van der Waals surface area contributed by atoms with Crippen LogP contribution in [0.1, 0.15) is 36.8 Å². The summed E-state index contributed by atoms with van der Waals surface area (Å²) in [4.78, 5) is 43.1. The van der Waals surface area contributed by atoms with Crippen molar-refractivity contribution in [2.45, 2.75) is 62.6 Å². The summed E-state index contributed by atoms with van der Waals surface area (Å²) in [6.45, 7) is 0.769. The highest BCUT2D eigenvalue weighted by atomic mass is 16.4. The van der Waals surface area contributed by atoms with Gasteiger partial charge in [-0.05, 0) is 55.4 Å². The normalized spacial score (nSPS) is 20.7. The molecule has 2 aromatic rings. The number of rotatable bonds is 9. The second-order valence-corrected chi connectivity index (χ2v) is 10.1. The van der Waals surface area contributed by atoms with Crippen LogP contribution in [-0.4, -0.2) is 87.0 Å². The lowest BCUT2D eigenvalue weighted by atomic mass is 9.77. The van der Waals surface area contributed by atoms with E-state index in [2.05, 4.69) is 5.32 Å². The molecule has 2 fully saturated rings. The van der Waals surface area contributed by atoms with Crippen molar-refractivity contribution < 1.29 is 29.5 Å². The first-order valence-corrected chi connectivity index (χ1v) is 13.1. The van der Waals surface area contributed by atoms with Crippen LogP contribution >= 0.6 is 0 Å². The molecule has 0 radical (unpaired) electrons. The van der Waals surface area contributed by atoms with Gasteiger partial charge in [-0.2, -0.15) is 0 Å². The number of likely N-dealkylation sites (tertiary alicyclic amines) is 2. The van der Waals surface area contributed by atoms with E-state index in [1.54, 1.807) is 12.1 Å². The number of carbonyl (C=O) groups excluding carboxylic acids is 3. The molecule has 0 saturated carbocycles. The Kier molecular flexibility index (Phi) is 9.03. The first-order valence-electron chi connectivity index (χ1n) is 13.1. The molecular weight excluding hydrogens is 487 g/mol. The predicted octanol–water partition coefficient (Wildman–Crippen LogP) is -0.0165. The minimum atomic E-state index is -1.66. The average molecular weight is 522 g/mol. The molecule has 202 valence electrons. The van der Waals surface area contributed by atoms with Gasteiger partial charge in [-0.25, -0.2) is 0 Å². The van der Waals surface area contributed by atoms with E-state index in [1.807, 2.05) is 30.3 Å². The highest BCUT2D eigenvalue weighted by Gasteiger charge is 2.42. The van der Waals surface area contributed by atoms with E-state index in [0.29, 0.717) is 38.8 Å². The molecule has 0 spiro atoms. The maximum absolute atomic E-state index is 13.5. The maximum atomic E-state index is 13.5. The molecule has 3 amide bonds. The second kappa shape index (κ2) is 12.4. The fourth-order valence-corrected chi connectivity index (χ4v) is 5.38. The molecule has 0 bridgehead atoms. The van der Waals surface area contributed by atoms with Crippen LogP contribution in [0.5, 0.6) is 5.75 Å². The van der Waals surface area contributed by atoms with Crippen LogP contribution in [0, 0.1) is 0 Å². The van der Waals surface area contributed by atoms with Gasteiger partial charge in [0, 0.05) is 19.5 Å². The Morgan fingerprint density at radius 3 is 2.21 bits per heavy atom. The molecule has 0 aliphatic carbocycles. The van der Waals surface area contributed by atoms with E-state index >= 15 is 0 Å². The fourth-order valence-electron chi connectivity index (χ4n) is 5.38. The van der Waals surface area contributed by atoms with Gasteiger partial charge in [0.1, 0.15) is 17.8 Å². The third-order valence-corrected chi connectivity index (χ3v) is 7.37. The average Bonchev–Trinajstić information content (AvgIpc) is 3.60. The van der Waals surface area contributed by atoms with Crippen LogP contribution in [0.3, 0.4) is 0 Å². The van der Waals surface area contributed by atoms with Gasteiger partial charge in [0.2, 0.25) is 17.7 Å². The van der Waals surface area contributed by atoms with E-state index in [-0.39, 0.29) is 30.4 Å². The third kappa shape index (κ3) is 6.53. The standard InChI is InChI=1S/C27H35BN4O6/c29-21(16-19-10-12-20(33)13-11-19)26(35)31-14-4-8-23(31)25(34)30-22(17-18-6-2-1-3-7-18)27(36)32-15-5-9-24(32)28(37)38/h1-3,6-7,10-13,21-24,33,37-38H,4-5,8-9,14-17,29H2,(H,30,34)/t21-,22-,23-,24-/m0/s1. The smallest absolute Gasteiger partial charge is 0.475 e. The van der Waals surface area contributed by atoms with Crippen molar-refractivity contribution in [2.24, 2.45) is 5.73 Å². The molecule has 2 aliphatic rings. The molecule has 11 heteroatoms. The molecule has 2 saturated heterocycles. The lowest BCUT2D eigenvalue weighted by Crippen LogP contribution is -2.58. The number of nitrogens with one attached hydrogen (secondary N) is 1. The Hall–Kier alpha value is -3.41. The Balaban J connectivity index is 1.47. The van der Waals surface area contributed by atoms with Gasteiger partial charge in [0.15, 0.2) is 0 Å². The van der Waals surface area contributed by atoms with Gasteiger partial charge in [-0.3, -0.25) is 14.4 Å². The van der Waals surface area contributed by atoms with Gasteiger partial charge in [-0.15, -0.1) is 0 Å². The van der Waals surface area contributed by atoms with Crippen molar-refractivity contribution in [1.82, 2.24) is 15.1 Å². The number of hydrogen-bond acceptors (Lipinski definition) is 7. The molecular formula is C27H35BN4O6. The highest BCUT2D eigenvalue weighted by Crippen LogP contribution is 2.23. The number of aromatic hydroxyl groups is 1. The second-order valence-electron chi connectivity index (χ2n) is 10.1. The number of benzene rings is 2. The fraction of sp³-hybridized carbons (Fsp3) is 0.444. The van der Waals surface area contributed by atoms with E-state index in [4.69, 9.17) is 5.73 Å². The number of phenolic OH excluding ortho intramolecular Hbond substituents is 1. The SMILES string of the molecule is N[C@@H](Cc1ccc(O)cc1)C(=O)N1CCC[C@H]1C(=O)N[C@@H](Cc1ccccc1)C(=O)N1CCC[C@H]1B(O)O. The number of nitrogens with two attached hydrogens (primary N) is 1. The topological polar surface area (TPSA) is 156 Å². The molecule has 4 rings (SSSR count). The minimum absolute atomic E-state index is 0.123. The van der Waals surface area contributed by atoms with Gasteiger partial charge in [-0.1, -0.05) is 42.5 Å². The number of hydrogen-bond donors (Lipinski definition) is 5. The summed E-state index contributed by atoms with van der Waals surface area (Å²) in [5.41, 5.74) is 7.86. The zero-order valence-electron chi connectivity index (χ0n) is 21.3. The molecule has 6 N–H and O–H groups in total. The molecule has 2 aromatic carbocycles. The Labute approximate surface area is 222 Å². The van der Waals surface area contributed by atoms with Crippen LogP contribution in [0.25, 0.3) is 0 Å². The zero-order chi connectivity index (χ0) is 27.2. The van der Waals surface area contributed by atoms with Crippen molar-refractivity contribution in [3.63, 3.8) is 0 Å². The van der Waals surface area contributed by atoms with E-state index in [9.17, 15) is 29.5 Å². The van der Waals surface area contributed by atoms with E-state index in [1.165, 1.54) is 21.9 Å². The zero-order valence-corrected chi connectivity index (χ0v) is 21.3. The quantitative estimate of drug-likeness (QED) is 0.290. The molecule has 38 heavy (non-hydrogen) atoms. The van der Waals surface area contributed by atoms with Crippen LogP contribution in [0.2, 0.25) is 0 Å². The highest BCUT2D eigenvalue weighted by molar-refractivity contribution is 6.43. The first kappa shape index (κ1) is 27.6. The van der Waals surface area contributed by atoms with Gasteiger partial charge in [0.05, 0.1) is 12.0 Å². The van der Waals surface area contributed by atoms with Gasteiger partial charge >= 0.3 is 7.12 Å². The largest absolute Gasteiger partial charge is 0.508 e. The lowest BCUT2D eigenvalue weighted by molar-refractivity contribution is -0.141. The molecule has 10 nitrogen and oxygen atoms in total. The minimum Gasteiger partial charge on any atom is -0.508 e. The van der Waals surface area contributed by atoms with Crippen LogP contribution in [0.4, 0.5) is 0 Å². The summed E-state index contributed by atoms with van der Waals surface area (Å²) in [5.74, 6) is -1.75. The maximum Gasteiger partial charge on any atom is 0.475 e. The Bertz CT molecular complexity index is 1120. The van der Waals surface area contributed by atoms with E-state index < -0.39 is 37.1 Å². The van der Waals surface area contributed by atoms with Gasteiger partial charge < -0.3 is 36.0 Å². The third-order valence-electron chi connectivity index (χ3n) is 7.37. The number of carbonyl (C=O) groups is 3. The van der Waals surface area contributed by atoms with Crippen molar-refractivity contribution in [2.75, 3.05) is 13.1 Å². The lowest BCUT2D eigenvalue weighted by Gasteiger charge is -2.31. The van der Waals surface area contributed by atoms with Gasteiger partial charge in [0.25, 0.3) is 0 Å². The molecule has 0 aromatic heterocycles. The summed E-state index contributed by atoms with van der Waals surface area (Å²) in [6.07, 6.45) is 2.70. The number of phenols is 1. The van der Waals surface area contributed by atoms with Crippen molar-refractivity contribution in [1.29, 1.82) is 0 Å². The molecule has 4 atom stereocenters.